The number of aliphatic hydroxyl groups excluding tert-OH is 2. The number of rotatable bonds is 9. The molecule has 0 saturated heterocycles. The van der Waals surface area contributed by atoms with E-state index in [0.717, 1.165) is 21.7 Å². The van der Waals surface area contributed by atoms with Gasteiger partial charge < -0.3 is 34.3 Å². The molecule has 0 bridgehead atoms. The number of ketones is 1. The lowest BCUT2D eigenvalue weighted by atomic mass is 9.72. The molecule has 10 nitrogen and oxygen atoms in total. The van der Waals surface area contributed by atoms with Gasteiger partial charge in [0.05, 0.1) is 55.1 Å². The summed E-state index contributed by atoms with van der Waals surface area (Å²) in [6, 6.07) is 5.84. The monoisotopic (exact) mass is 631 g/mol. The molecule has 2 aromatic rings. The minimum absolute atomic E-state index is 0.0440. The van der Waals surface area contributed by atoms with E-state index >= 15 is 0 Å². The van der Waals surface area contributed by atoms with Crippen LogP contribution in [0, 0.1) is 5.92 Å². The lowest BCUT2D eigenvalue weighted by molar-refractivity contribution is -0.141. The zero-order valence-corrected chi connectivity index (χ0v) is 26.7. The van der Waals surface area contributed by atoms with Crippen LogP contribution in [0.25, 0.3) is 11.6 Å². The molecule has 3 N–H and O–H groups in total. The van der Waals surface area contributed by atoms with Crippen molar-refractivity contribution in [1.82, 2.24) is 0 Å². The molecule has 1 saturated carbocycles. The molecule has 2 aromatic carbocycles. The summed E-state index contributed by atoms with van der Waals surface area (Å²) in [5, 5.41) is 33.9. The predicted octanol–water partition coefficient (Wildman–Crippen LogP) is 2.80. The Hall–Kier alpha value is -3.99. The Balaban J connectivity index is 1.59. The SMILES string of the molecule is CCCOc1c2c(c(CO)c3c1/C(=C1\C[C@H](CO)C(=O)[C@@H](c4ccc5c(c4)=CCN=5)C1)C=C(C(=O)OCC)O3)O[C@H](C(C)(C)O)C2. The smallest absolute Gasteiger partial charge is 0.374 e. The summed E-state index contributed by atoms with van der Waals surface area (Å²) in [6.07, 6.45) is 4.68. The maximum absolute atomic E-state index is 13.8. The third kappa shape index (κ3) is 5.63. The van der Waals surface area contributed by atoms with Gasteiger partial charge in [-0.05, 0) is 74.6 Å². The van der Waals surface area contributed by atoms with Crippen molar-refractivity contribution in [1.29, 1.82) is 0 Å². The lowest BCUT2D eigenvalue weighted by Crippen LogP contribution is -2.39. The number of allylic oxidation sites excluding steroid dienone is 3. The topological polar surface area (TPSA) is 144 Å². The quantitative estimate of drug-likeness (QED) is 0.356. The van der Waals surface area contributed by atoms with E-state index in [4.69, 9.17) is 18.9 Å². The largest absolute Gasteiger partial charge is 0.492 e. The molecule has 4 aliphatic rings. The van der Waals surface area contributed by atoms with Crippen LogP contribution in [0.4, 0.5) is 0 Å². The Morgan fingerprint density at radius 2 is 1.93 bits per heavy atom. The zero-order valence-electron chi connectivity index (χ0n) is 26.7. The second-order valence-electron chi connectivity index (χ2n) is 12.7. The van der Waals surface area contributed by atoms with E-state index in [1.807, 2.05) is 31.2 Å². The molecule has 3 heterocycles. The number of ether oxygens (including phenoxy) is 4. The number of esters is 1. The Bertz CT molecular complexity index is 1760. The second kappa shape index (κ2) is 12.7. The molecule has 46 heavy (non-hydrogen) atoms. The highest BCUT2D eigenvalue weighted by Crippen LogP contribution is 2.55. The first-order valence-corrected chi connectivity index (χ1v) is 16.0. The maximum Gasteiger partial charge on any atom is 0.374 e. The summed E-state index contributed by atoms with van der Waals surface area (Å²) in [6.45, 7) is 7.32. The second-order valence-corrected chi connectivity index (χ2v) is 12.7. The number of aliphatic hydroxyl groups is 3. The van der Waals surface area contributed by atoms with E-state index in [9.17, 15) is 24.9 Å². The minimum atomic E-state index is -1.20. The number of benzene rings is 2. The van der Waals surface area contributed by atoms with Gasteiger partial charge in [0.2, 0.25) is 5.76 Å². The first-order valence-electron chi connectivity index (χ1n) is 16.0. The van der Waals surface area contributed by atoms with Gasteiger partial charge in [-0.3, -0.25) is 9.79 Å². The number of hydrogen-bond donors (Lipinski definition) is 3. The molecular weight excluding hydrogens is 590 g/mol. The van der Waals surface area contributed by atoms with Crippen molar-refractivity contribution >= 4 is 23.4 Å². The molecule has 0 aromatic heterocycles. The summed E-state index contributed by atoms with van der Waals surface area (Å²) in [5.41, 5.74) is 2.67. The predicted molar refractivity (Wildman–Crippen MR) is 169 cm³/mol. The van der Waals surface area contributed by atoms with Gasteiger partial charge in [0, 0.05) is 23.8 Å². The van der Waals surface area contributed by atoms with Gasteiger partial charge in [-0.25, -0.2) is 4.79 Å². The Kier molecular flexibility index (Phi) is 8.80. The highest BCUT2D eigenvalue weighted by Gasteiger charge is 2.44. The number of hydrogen-bond acceptors (Lipinski definition) is 10. The van der Waals surface area contributed by atoms with Gasteiger partial charge in [-0.15, -0.1) is 0 Å². The molecule has 1 aliphatic carbocycles. The van der Waals surface area contributed by atoms with Crippen molar-refractivity contribution in [2.24, 2.45) is 10.9 Å². The molecule has 6 rings (SSSR count). The number of carbonyl (C=O) groups excluding carboxylic acids is 2. The van der Waals surface area contributed by atoms with Crippen molar-refractivity contribution < 1.29 is 43.9 Å². The van der Waals surface area contributed by atoms with Crippen LogP contribution in [0.3, 0.4) is 0 Å². The molecule has 0 radical (unpaired) electrons. The molecule has 1 fully saturated rings. The van der Waals surface area contributed by atoms with Crippen molar-refractivity contribution in [3.05, 3.63) is 68.4 Å². The average molecular weight is 632 g/mol. The van der Waals surface area contributed by atoms with Gasteiger partial charge in [-0.1, -0.05) is 24.6 Å². The third-order valence-electron chi connectivity index (χ3n) is 9.15. The van der Waals surface area contributed by atoms with Crippen LogP contribution in [-0.2, 0) is 27.4 Å². The van der Waals surface area contributed by atoms with Gasteiger partial charge >= 0.3 is 5.97 Å². The van der Waals surface area contributed by atoms with Crippen LogP contribution < -0.4 is 24.8 Å². The van der Waals surface area contributed by atoms with E-state index in [0.29, 0.717) is 66.2 Å². The van der Waals surface area contributed by atoms with Crippen LogP contribution in [0.1, 0.15) is 75.1 Å². The maximum atomic E-state index is 13.8. The van der Waals surface area contributed by atoms with E-state index in [1.54, 1.807) is 26.8 Å². The molecule has 10 heteroatoms. The highest BCUT2D eigenvalue weighted by molar-refractivity contribution is 5.98. The summed E-state index contributed by atoms with van der Waals surface area (Å²) in [4.78, 5) is 31.4. The molecule has 0 unspecified atom stereocenters. The van der Waals surface area contributed by atoms with Crippen LogP contribution in [-0.4, -0.2) is 65.1 Å². The fraction of sp³-hybridized carbons (Fsp3) is 0.472. The zero-order chi connectivity index (χ0) is 32.7. The molecular formula is C36H41NO9. The van der Waals surface area contributed by atoms with Gasteiger partial charge in [-0.2, -0.15) is 0 Å². The number of nitrogens with zero attached hydrogens (tertiary/aromatic N) is 1. The Morgan fingerprint density at radius 3 is 2.63 bits per heavy atom. The summed E-state index contributed by atoms with van der Waals surface area (Å²) >= 11 is 0. The van der Waals surface area contributed by atoms with Gasteiger partial charge in [0.15, 0.2) is 0 Å². The van der Waals surface area contributed by atoms with Crippen LogP contribution in [0.15, 0.2) is 40.6 Å². The Labute approximate surface area is 267 Å². The molecule has 3 atom stereocenters. The number of fused-ring (bicyclic) bond motifs is 3. The molecule has 3 aliphatic heterocycles. The molecule has 0 amide bonds. The van der Waals surface area contributed by atoms with Crippen molar-refractivity contribution in [2.75, 3.05) is 26.4 Å². The van der Waals surface area contributed by atoms with Crippen LogP contribution in [0.5, 0.6) is 17.2 Å². The standard InChI is InChI=1S/C36H41NO9/c1-5-11-44-33-25-16-29(36(3,4)42)46-32(25)26(18-39)34-30(33)23(15-28(45-34)35(41)43-6-2)21-13-22(17-38)31(40)24(14-21)19-7-8-27-20(12-19)9-10-37-27/h7-9,12,15,22,24,29,38-39,42H,5-6,10-11,13-14,16-18H2,1-4H3/b23-21+/t22-,24-,29+/m1/s1. The summed E-state index contributed by atoms with van der Waals surface area (Å²) in [5.74, 6) is -0.942. The minimum Gasteiger partial charge on any atom is -0.492 e. The third-order valence-corrected chi connectivity index (χ3v) is 9.15. The Morgan fingerprint density at radius 1 is 1.13 bits per heavy atom. The number of Topliss-reactive ketones (excluding diaryl/α,β-unsaturated/α-hetero) is 1. The van der Waals surface area contributed by atoms with Crippen LogP contribution >= 0.6 is 0 Å². The lowest BCUT2D eigenvalue weighted by Gasteiger charge is -2.33. The molecule has 244 valence electrons. The van der Waals surface area contributed by atoms with Crippen LogP contribution in [0.2, 0.25) is 0 Å². The van der Waals surface area contributed by atoms with E-state index in [-0.39, 0.29) is 36.9 Å². The normalized spacial score (nSPS) is 23.2. The van der Waals surface area contributed by atoms with Crippen molar-refractivity contribution in [3.8, 4) is 17.2 Å². The highest BCUT2D eigenvalue weighted by atomic mass is 16.6. The first kappa shape index (κ1) is 32.0. The van der Waals surface area contributed by atoms with E-state index in [2.05, 4.69) is 4.99 Å². The first-order chi connectivity index (χ1) is 22.1. The number of carbonyl (C=O) groups is 2. The van der Waals surface area contributed by atoms with E-state index < -0.39 is 36.1 Å². The fourth-order valence-electron chi connectivity index (χ4n) is 6.78. The van der Waals surface area contributed by atoms with Gasteiger partial charge in [0.1, 0.15) is 29.1 Å². The summed E-state index contributed by atoms with van der Waals surface area (Å²) in [7, 11) is 0. The fourth-order valence-corrected chi connectivity index (χ4v) is 6.78. The summed E-state index contributed by atoms with van der Waals surface area (Å²) < 4.78 is 24.2. The van der Waals surface area contributed by atoms with Crippen molar-refractivity contribution in [2.45, 2.75) is 77.6 Å². The molecule has 0 spiro atoms. The van der Waals surface area contributed by atoms with Gasteiger partial charge in [0.25, 0.3) is 0 Å². The van der Waals surface area contributed by atoms with E-state index in [1.165, 1.54) is 0 Å². The van der Waals surface area contributed by atoms with Crippen molar-refractivity contribution in [3.63, 3.8) is 0 Å². The average Bonchev–Trinajstić information content (AvgIpc) is 3.70.